The van der Waals surface area contributed by atoms with Crippen molar-refractivity contribution in [2.45, 2.75) is 12.5 Å². The number of amides is 1. The fraction of sp³-hybridized carbons (Fsp3) is 0.154. The monoisotopic (exact) mass is 225 g/mol. The van der Waals surface area contributed by atoms with Gasteiger partial charge < -0.3 is 4.57 Å². The Morgan fingerprint density at radius 3 is 2.88 bits per heavy atom. The molecule has 1 amide bonds. The number of aliphatic imine (C=N–C) groups is 1. The first-order valence-electron chi connectivity index (χ1n) is 5.48. The molecule has 0 N–H and O–H groups in total. The number of hydrogen-bond acceptors (Lipinski definition) is 2. The van der Waals surface area contributed by atoms with E-state index < -0.39 is 0 Å². The van der Waals surface area contributed by atoms with E-state index in [-0.39, 0.29) is 11.9 Å². The Hall–Kier alpha value is -2.23. The summed E-state index contributed by atoms with van der Waals surface area (Å²) in [5, 5.41) is 0. The fourth-order valence-electron chi connectivity index (χ4n) is 2.03. The average Bonchev–Trinajstić information content (AvgIpc) is 2.83. The minimum atomic E-state index is -0.264. The van der Waals surface area contributed by atoms with E-state index in [1.807, 2.05) is 34.9 Å². The number of benzene rings is 1. The summed E-state index contributed by atoms with van der Waals surface area (Å²) < 4.78 is 1.88. The van der Waals surface area contributed by atoms with Gasteiger partial charge in [-0.3, -0.25) is 4.79 Å². The number of rotatable bonds is 2. The Kier molecular flexibility index (Phi) is 2.33. The first-order chi connectivity index (χ1) is 8.34. The summed E-state index contributed by atoms with van der Waals surface area (Å²) in [4.78, 5) is 19.8. The van der Waals surface area contributed by atoms with Crippen molar-refractivity contribution >= 4 is 12.1 Å². The van der Waals surface area contributed by atoms with Crippen LogP contribution in [0.25, 0.3) is 0 Å². The van der Waals surface area contributed by atoms with Crippen LogP contribution >= 0.6 is 0 Å². The fourth-order valence-corrected chi connectivity index (χ4v) is 2.03. The third-order valence-corrected chi connectivity index (χ3v) is 2.91. The van der Waals surface area contributed by atoms with Crippen LogP contribution in [0.15, 0.2) is 47.8 Å². The van der Waals surface area contributed by atoms with E-state index in [4.69, 9.17) is 0 Å². The predicted octanol–water partition coefficient (Wildman–Crippen LogP) is 1.63. The molecule has 2 aromatic rings. The quantitative estimate of drug-likeness (QED) is 0.779. The molecule has 4 heteroatoms. The number of nitrogens with zero attached hydrogens (tertiary/aromatic N) is 3. The van der Waals surface area contributed by atoms with Gasteiger partial charge in [-0.1, -0.05) is 30.3 Å². The predicted molar refractivity (Wildman–Crippen MR) is 64.0 cm³/mol. The Morgan fingerprint density at radius 2 is 2.06 bits per heavy atom. The van der Waals surface area contributed by atoms with Gasteiger partial charge in [0.25, 0.3) is 5.91 Å². The molecule has 1 aromatic carbocycles. The maximum Gasteiger partial charge on any atom is 0.269 e. The molecular weight excluding hydrogens is 214 g/mol. The standard InChI is InChI=1S/C13H11N3O/c17-13-12(6-10-4-2-1-3-5-10)16-9-14-7-11(16)8-15-13/h1-5,7-9,12H,6H2. The molecule has 0 saturated carbocycles. The molecule has 0 aliphatic carbocycles. The number of hydrogen-bond donors (Lipinski definition) is 0. The zero-order valence-electron chi connectivity index (χ0n) is 9.15. The van der Waals surface area contributed by atoms with Crippen molar-refractivity contribution in [1.82, 2.24) is 9.55 Å². The molecule has 0 bridgehead atoms. The number of carbonyl (C=O) groups is 1. The summed E-state index contributed by atoms with van der Waals surface area (Å²) in [6.07, 6.45) is 5.62. The molecular formula is C13H11N3O. The van der Waals surface area contributed by atoms with Crippen molar-refractivity contribution in [3.63, 3.8) is 0 Å². The van der Waals surface area contributed by atoms with Gasteiger partial charge in [-0.25, -0.2) is 9.98 Å². The van der Waals surface area contributed by atoms with Crippen molar-refractivity contribution in [2.24, 2.45) is 4.99 Å². The summed E-state index contributed by atoms with van der Waals surface area (Å²) in [6, 6.07) is 9.68. The summed E-state index contributed by atoms with van der Waals surface area (Å²) in [7, 11) is 0. The molecule has 1 unspecified atom stereocenters. The van der Waals surface area contributed by atoms with Gasteiger partial charge in [0.2, 0.25) is 0 Å². The molecule has 0 radical (unpaired) electrons. The van der Waals surface area contributed by atoms with Crippen LogP contribution in [0, 0.1) is 0 Å². The van der Waals surface area contributed by atoms with Gasteiger partial charge in [-0.15, -0.1) is 0 Å². The SMILES string of the molecule is O=C1N=Cc2cncn2C1Cc1ccccc1. The second-order valence-corrected chi connectivity index (χ2v) is 4.03. The molecule has 0 fully saturated rings. The van der Waals surface area contributed by atoms with Crippen LogP contribution in [0.3, 0.4) is 0 Å². The zero-order valence-corrected chi connectivity index (χ0v) is 9.15. The van der Waals surface area contributed by atoms with Crippen LogP contribution < -0.4 is 0 Å². The van der Waals surface area contributed by atoms with Crippen molar-refractivity contribution in [2.75, 3.05) is 0 Å². The van der Waals surface area contributed by atoms with Gasteiger partial charge in [0, 0.05) is 6.42 Å². The molecule has 0 spiro atoms. The van der Waals surface area contributed by atoms with Crippen molar-refractivity contribution in [3.05, 3.63) is 54.1 Å². The van der Waals surface area contributed by atoms with Crippen LogP contribution in [-0.2, 0) is 11.2 Å². The minimum Gasteiger partial charge on any atom is -0.317 e. The maximum absolute atomic E-state index is 11.8. The zero-order chi connectivity index (χ0) is 11.7. The van der Waals surface area contributed by atoms with E-state index in [1.165, 1.54) is 0 Å². The van der Waals surface area contributed by atoms with Gasteiger partial charge in [0.1, 0.15) is 6.04 Å². The molecule has 84 valence electrons. The lowest BCUT2D eigenvalue weighted by Crippen LogP contribution is -2.25. The van der Waals surface area contributed by atoms with Gasteiger partial charge in [0.05, 0.1) is 24.4 Å². The van der Waals surface area contributed by atoms with E-state index in [2.05, 4.69) is 9.98 Å². The van der Waals surface area contributed by atoms with Crippen molar-refractivity contribution < 1.29 is 4.79 Å². The summed E-state index contributed by atoms with van der Waals surface area (Å²) in [5.74, 6) is -0.112. The second kappa shape index (κ2) is 3.97. The highest BCUT2D eigenvalue weighted by Crippen LogP contribution is 2.20. The van der Waals surface area contributed by atoms with E-state index in [0.717, 1.165) is 11.3 Å². The normalized spacial score (nSPS) is 18.1. The highest BCUT2D eigenvalue weighted by atomic mass is 16.1. The van der Waals surface area contributed by atoms with Crippen LogP contribution in [-0.4, -0.2) is 21.7 Å². The van der Waals surface area contributed by atoms with Crippen LogP contribution in [0.5, 0.6) is 0 Å². The number of imidazole rings is 1. The van der Waals surface area contributed by atoms with Crippen LogP contribution in [0.1, 0.15) is 17.3 Å². The number of fused-ring (bicyclic) bond motifs is 1. The number of carbonyl (C=O) groups excluding carboxylic acids is 1. The molecule has 3 rings (SSSR count). The van der Waals surface area contributed by atoms with Crippen molar-refractivity contribution in [3.8, 4) is 0 Å². The number of aromatic nitrogens is 2. The summed E-state index contributed by atoms with van der Waals surface area (Å²) in [6.45, 7) is 0. The smallest absolute Gasteiger partial charge is 0.269 e. The Bertz CT molecular complexity index is 571. The molecule has 17 heavy (non-hydrogen) atoms. The lowest BCUT2D eigenvalue weighted by molar-refractivity contribution is -0.121. The highest BCUT2D eigenvalue weighted by molar-refractivity contribution is 5.96. The molecule has 1 atom stereocenters. The molecule has 0 saturated heterocycles. The van der Waals surface area contributed by atoms with Gasteiger partial charge in [0.15, 0.2) is 0 Å². The summed E-state index contributed by atoms with van der Waals surface area (Å²) in [5.41, 5.74) is 2.01. The third-order valence-electron chi connectivity index (χ3n) is 2.91. The van der Waals surface area contributed by atoms with E-state index in [1.54, 1.807) is 18.7 Å². The van der Waals surface area contributed by atoms with E-state index >= 15 is 0 Å². The maximum atomic E-state index is 11.8. The molecule has 4 nitrogen and oxygen atoms in total. The summed E-state index contributed by atoms with van der Waals surface area (Å²) >= 11 is 0. The topological polar surface area (TPSA) is 47.2 Å². The lowest BCUT2D eigenvalue weighted by atomic mass is 10.0. The van der Waals surface area contributed by atoms with Gasteiger partial charge in [-0.05, 0) is 5.56 Å². The van der Waals surface area contributed by atoms with Gasteiger partial charge >= 0.3 is 0 Å². The first kappa shape index (κ1) is 9.96. The Balaban J connectivity index is 1.93. The second-order valence-electron chi connectivity index (χ2n) is 4.03. The van der Waals surface area contributed by atoms with Crippen molar-refractivity contribution in [1.29, 1.82) is 0 Å². The third kappa shape index (κ3) is 1.78. The average molecular weight is 225 g/mol. The van der Waals surface area contributed by atoms with Gasteiger partial charge in [-0.2, -0.15) is 0 Å². The van der Waals surface area contributed by atoms with Crippen LogP contribution in [0.4, 0.5) is 0 Å². The lowest BCUT2D eigenvalue weighted by Gasteiger charge is -2.19. The van der Waals surface area contributed by atoms with E-state index in [0.29, 0.717) is 6.42 Å². The minimum absolute atomic E-state index is 0.112. The Morgan fingerprint density at radius 1 is 1.24 bits per heavy atom. The largest absolute Gasteiger partial charge is 0.317 e. The molecule has 1 aromatic heterocycles. The first-order valence-corrected chi connectivity index (χ1v) is 5.48. The molecule has 1 aliphatic rings. The van der Waals surface area contributed by atoms with E-state index in [9.17, 15) is 4.79 Å². The Labute approximate surface area is 98.6 Å². The highest BCUT2D eigenvalue weighted by Gasteiger charge is 2.24. The molecule has 1 aliphatic heterocycles. The van der Waals surface area contributed by atoms with Crippen LogP contribution in [0.2, 0.25) is 0 Å². The molecule has 2 heterocycles.